The lowest BCUT2D eigenvalue weighted by molar-refractivity contribution is -0.142. The van der Waals surface area contributed by atoms with E-state index in [-0.39, 0.29) is 17.9 Å². The first-order chi connectivity index (χ1) is 14.6. The topological polar surface area (TPSA) is 87.7 Å². The Balaban J connectivity index is 1.23. The van der Waals surface area contributed by atoms with Crippen LogP contribution in [-0.2, 0) is 22.6 Å². The molecule has 8 nitrogen and oxygen atoms in total. The van der Waals surface area contributed by atoms with Crippen molar-refractivity contribution < 1.29 is 14.3 Å². The van der Waals surface area contributed by atoms with Gasteiger partial charge in [0.1, 0.15) is 11.1 Å². The highest BCUT2D eigenvalue weighted by Gasteiger charge is 2.30. The van der Waals surface area contributed by atoms with Gasteiger partial charge in [0.2, 0.25) is 5.01 Å². The van der Waals surface area contributed by atoms with E-state index < -0.39 is 0 Å². The maximum Gasteiger partial charge on any atom is 0.282 e. The highest BCUT2D eigenvalue weighted by molar-refractivity contribution is 7.13. The molecule has 1 atom stereocenters. The molecule has 1 unspecified atom stereocenters. The van der Waals surface area contributed by atoms with Crippen molar-refractivity contribution >= 4 is 23.2 Å². The highest BCUT2D eigenvalue weighted by Crippen LogP contribution is 2.18. The number of aromatic nitrogens is 2. The van der Waals surface area contributed by atoms with Crippen molar-refractivity contribution in [2.75, 3.05) is 32.8 Å². The summed E-state index contributed by atoms with van der Waals surface area (Å²) in [4.78, 5) is 28.9. The minimum Gasteiger partial charge on any atom is -0.368 e. The number of hydrogen-bond acceptors (Lipinski definition) is 7. The van der Waals surface area contributed by atoms with Gasteiger partial charge in [0.05, 0.1) is 6.54 Å². The van der Waals surface area contributed by atoms with Gasteiger partial charge in [0.25, 0.3) is 11.8 Å². The summed E-state index contributed by atoms with van der Waals surface area (Å²) < 4.78 is 5.51. The molecular formula is C21H27N5O3S. The Kier molecular flexibility index (Phi) is 6.71. The molecule has 1 aromatic heterocycles. The summed E-state index contributed by atoms with van der Waals surface area (Å²) in [5.41, 5.74) is 2.24. The standard InChI is InChI=1S/C21H27N5O3S/c1-15-4-6-16(7-5-15)13-22-19(27)20-24-23-18(30-20)14-25-8-10-26(11-9-25)21(28)17-3-2-12-29-17/h4-7,17H,2-3,8-14H2,1H3,(H,22,27). The highest BCUT2D eigenvalue weighted by atomic mass is 32.1. The third-order valence-corrected chi connectivity index (χ3v) is 6.39. The van der Waals surface area contributed by atoms with Gasteiger partial charge < -0.3 is 15.0 Å². The lowest BCUT2D eigenvalue weighted by Crippen LogP contribution is -2.51. The molecule has 4 rings (SSSR count). The van der Waals surface area contributed by atoms with Crippen molar-refractivity contribution in [2.45, 2.75) is 39.0 Å². The van der Waals surface area contributed by atoms with Crippen LogP contribution in [0.4, 0.5) is 0 Å². The average Bonchev–Trinajstić information content (AvgIpc) is 3.46. The second-order valence-electron chi connectivity index (χ2n) is 7.77. The zero-order valence-corrected chi connectivity index (χ0v) is 18.0. The smallest absolute Gasteiger partial charge is 0.282 e. The predicted octanol–water partition coefficient (Wildman–Crippen LogP) is 1.60. The number of aryl methyl sites for hydroxylation is 1. The average molecular weight is 430 g/mol. The van der Waals surface area contributed by atoms with E-state index >= 15 is 0 Å². The predicted molar refractivity (Wildman–Crippen MR) is 113 cm³/mol. The van der Waals surface area contributed by atoms with Gasteiger partial charge >= 0.3 is 0 Å². The normalized spacial score (nSPS) is 19.8. The molecule has 2 aromatic rings. The van der Waals surface area contributed by atoms with E-state index in [1.165, 1.54) is 16.9 Å². The molecule has 2 aliphatic heterocycles. The molecule has 0 spiro atoms. The van der Waals surface area contributed by atoms with Crippen molar-refractivity contribution in [3.63, 3.8) is 0 Å². The van der Waals surface area contributed by atoms with Crippen LogP contribution in [0.3, 0.4) is 0 Å². The fourth-order valence-electron chi connectivity index (χ4n) is 3.67. The van der Waals surface area contributed by atoms with Gasteiger partial charge in [-0.15, -0.1) is 10.2 Å². The molecule has 2 saturated heterocycles. The van der Waals surface area contributed by atoms with Crippen LogP contribution in [0.5, 0.6) is 0 Å². The lowest BCUT2D eigenvalue weighted by atomic mass is 10.1. The van der Waals surface area contributed by atoms with Crippen molar-refractivity contribution in [3.05, 3.63) is 45.4 Å². The number of nitrogens with zero attached hydrogens (tertiary/aromatic N) is 4. The second-order valence-corrected chi connectivity index (χ2v) is 8.83. The van der Waals surface area contributed by atoms with Gasteiger partial charge in [0, 0.05) is 39.3 Å². The number of carbonyl (C=O) groups is 2. The van der Waals surface area contributed by atoms with Gasteiger partial charge in [-0.2, -0.15) is 0 Å². The van der Waals surface area contributed by atoms with Crippen LogP contribution in [0.2, 0.25) is 0 Å². The Hall–Kier alpha value is -2.36. The molecule has 9 heteroatoms. The molecule has 0 radical (unpaired) electrons. The first-order valence-electron chi connectivity index (χ1n) is 10.4. The van der Waals surface area contributed by atoms with Crippen LogP contribution in [0.1, 0.15) is 38.8 Å². The monoisotopic (exact) mass is 429 g/mol. The molecule has 0 aliphatic carbocycles. The Morgan fingerprint density at radius 2 is 1.93 bits per heavy atom. The number of piperazine rings is 1. The number of rotatable bonds is 6. The first-order valence-corrected chi connectivity index (χ1v) is 11.2. The zero-order valence-electron chi connectivity index (χ0n) is 17.2. The summed E-state index contributed by atoms with van der Waals surface area (Å²) in [5.74, 6) is -0.0816. The van der Waals surface area contributed by atoms with E-state index in [2.05, 4.69) is 20.4 Å². The van der Waals surface area contributed by atoms with E-state index in [1.807, 2.05) is 36.1 Å². The van der Waals surface area contributed by atoms with Crippen LogP contribution >= 0.6 is 11.3 Å². The molecule has 1 N–H and O–H groups in total. The molecule has 3 heterocycles. The Bertz CT molecular complexity index is 871. The van der Waals surface area contributed by atoms with Gasteiger partial charge in [-0.1, -0.05) is 41.2 Å². The molecule has 160 valence electrons. The summed E-state index contributed by atoms with van der Waals surface area (Å²) in [5, 5.41) is 12.3. The number of carbonyl (C=O) groups excluding carboxylic acids is 2. The van der Waals surface area contributed by atoms with Crippen LogP contribution in [0, 0.1) is 6.92 Å². The Morgan fingerprint density at radius 3 is 2.63 bits per heavy atom. The van der Waals surface area contributed by atoms with E-state index in [1.54, 1.807) is 0 Å². The van der Waals surface area contributed by atoms with E-state index in [0.717, 1.165) is 36.5 Å². The number of hydrogen-bond donors (Lipinski definition) is 1. The quantitative estimate of drug-likeness (QED) is 0.751. The molecule has 1 aromatic carbocycles. The minimum atomic E-state index is -0.249. The first kappa shape index (κ1) is 20.9. The molecule has 0 saturated carbocycles. The second kappa shape index (κ2) is 9.63. The van der Waals surface area contributed by atoms with Crippen LogP contribution < -0.4 is 5.32 Å². The number of amides is 2. The van der Waals surface area contributed by atoms with Crippen molar-refractivity contribution in [1.82, 2.24) is 25.3 Å². The largest absolute Gasteiger partial charge is 0.368 e. The molecule has 30 heavy (non-hydrogen) atoms. The summed E-state index contributed by atoms with van der Waals surface area (Å²) >= 11 is 1.32. The maximum atomic E-state index is 12.4. The van der Waals surface area contributed by atoms with Gasteiger partial charge in [-0.25, -0.2) is 0 Å². The van der Waals surface area contributed by atoms with Gasteiger partial charge in [-0.05, 0) is 25.3 Å². The van der Waals surface area contributed by atoms with Crippen molar-refractivity contribution in [2.24, 2.45) is 0 Å². The Labute approximate surface area is 180 Å². The fourth-order valence-corrected chi connectivity index (χ4v) is 4.47. The summed E-state index contributed by atoms with van der Waals surface area (Å²) in [6, 6.07) is 8.06. The maximum absolute atomic E-state index is 12.4. The van der Waals surface area contributed by atoms with Crippen LogP contribution in [0.15, 0.2) is 24.3 Å². The van der Waals surface area contributed by atoms with Crippen LogP contribution in [0.25, 0.3) is 0 Å². The third-order valence-electron chi connectivity index (χ3n) is 5.48. The summed E-state index contributed by atoms with van der Waals surface area (Å²) in [6.45, 7) is 6.80. The number of nitrogens with one attached hydrogen (secondary N) is 1. The zero-order chi connectivity index (χ0) is 20.9. The van der Waals surface area contributed by atoms with Crippen molar-refractivity contribution in [1.29, 1.82) is 0 Å². The van der Waals surface area contributed by atoms with Crippen LogP contribution in [-0.4, -0.2) is 70.7 Å². The molecule has 2 fully saturated rings. The minimum absolute atomic E-state index is 0.121. The Morgan fingerprint density at radius 1 is 1.17 bits per heavy atom. The van der Waals surface area contributed by atoms with Crippen molar-refractivity contribution in [3.8, 4) is 0 Å². The third kappa shape index (κ3) is 5.21. The lowest BCUT2D eigenvalue weighted by Gasteiger charge is -2.35. The number of benzene rings is 1. The summed E-state index contributed by atoms with van der Waals surface area (Å²) in [6.07, 6.45) is 1.55. The molecule has 0 bridgehead atoms. The van der Waals surface area contributed by atoms with E-state index in [0.29, 0.717) is 37.8 Å². The number of ether oxygens (including phenoxy) is 1. The summed E-state index contributed by atoms with van der Waals surface area (Å²) in [7, 11) is 0. The SMILES string of the molecule is Cc1ccc(CNC(=O)c2nnc(CN3CCN(C(=O)C4CCCO4)CC3)s2)cc1. The molecular weight excluding hydrogens is 402 g/mol. The molecule has 2 aliphatic rings. The fraction of sp³-hybridized carbons (Fsp3) is 0.524. The van der Waals surface area contributed by atoms with Gasteiger partial charge in [0.15, 0.2) is 0 Å². The molecule has 2 amide bonds. The van der Waals surface area contributed by atoms with E-state index in [9.17, 15) is 9.59 Å². The van der Waals surface area contributed by atoms with E-state index in [4.69, 9.17) is 4.74 Å². The van der Waals surface area contributed by atoms with Gasteiger partial charge in [-0.3, -0.25) is 14.5 Å².